The standard InChI is InChI=1S/C16H26N2O2/c1-4-20-15-9-6-5-8-14(15)10-11-16(19)17-12-7-13-18(2)3/h5-6,8-9H,4,7,10-13H2,1-3H3,(H,17,19). The molecule has 4 nitrogen and oxygen atoms in total. The summed E-state index contributed by atoms with van der Waals surface area (Å²) in [6, 6.07) is 7.90. The quantitative estimate of drug-likeness (QED) is 0.703. The Bertz CT molecular complexity index is 405. The number of hydrogen-bond donors (Lipinski definition) is 1. The highest BCUT2D eigenvalue weighted by Gasteiger charge is 2.06. The highest BCUT2D eigenvalue weighted by molar-refractivity contribution is 5.76. The maximum atomic E-state index is 11.8. The molecule has 1 aromatic carbocycles. The zero-order valence-electron chi connectivity index (χ0n) is 12.8. The predicted molar refractivity (Wildman–Crippen MR) is 82.1 cm³/mol. The number of nitrogens with one attached hydrogen (secondary N) is 1. The van der Waals surface area contributed by atoms with Gasteiger partial charge in [0.1, 0.15) is 5.75 Å². The lowest BCUT2D eigenvalue weighted by atomic mass is 10.1. The number of nitrogens with zero attached hydrogens (tertiary/aromatic N) is 1. The molecule has 112 valence electrons. The van der Waals surface area contributed by atoms with Gasteiger partial charge in [0.25, 0.3) is 0 Å². The van der Waals surface area contributed by atoms with Crippen LogP contribution in [0.5, 0.6) is 5.75 Å². The monoisotopic (exact) mass is 278 g/mol. The molecule has 0 bridgehead atoms. The van der Waals surface area contributed by atoms with Gasteiger partial charge in [-0.25, -0.2) is 0 Å². The summed E-state index contributed by atoms with van der Waals surface area (Å²) < 4.78 is 5.56. The highest BCUT2D eigenvalue weighted by atomic mass is 16.5. The molecule has 0 fully saturated rings. The first-order valence-electron chi connectivity index (χ1n) is 7.25. The minimum absolute atomic E-state index is 0.107. The Morgan fingerprint density at radius 1 is 1.30 bits per heavy atom. The van der Waals surface area contributed by atoms with E-state index in [-0.39, 0.29) is 5.91 Å². The van der Waals surface area contributed by atoms with Crippen LogP contribution in [0.3, 0.4) is 0 Å². The largest absolute Gasteiger partial charge is 0.494 e. The van der Waals surface area contributed by atoms with Crippen LogP contribution in [0, 0.1) is 0 Å². The maximum absolute atomic E-state index is 11.8. The van der Waals surface area contributed by atoms with Crippen LogP contribution in [-0.4, -0.2) is 44.6 Å². The first kappa shape index (κ1) is 16.5. The zero-order chi connectivity index (χ0) is 14.8. The van der Waals surface area contributed by atoms with Gasteiger partial charge in [-0.05, 0) is 52.0 Å². The fourth-order valence-corrected chi connectivity index (χ4v) is 1.97. The van der Waals surface area contributed by atoms with Gasteiger partial charge in [0.2, 0.25) is 5.91 Å². The van der Waals surface area contributed by atoms with Crippen LogP contribution in [-0.2, 0) is 11.2 Å². The van der Waals surface area contributed by atoms with Crippen LogP contribution in [0.1, 0.15) is 25.3 Å². The van der Waals surface area contributed by atoms with Crippen molar-refractivity contribution in [3.63, 3.8) is 0 Å². The van der Waals surface area contributed by atoms with Gasteiger partial charge in [0.05, 0.1) is 6.61 Å². The third kappa shape index (κ3) is 6.57. The van der Waals surface area contributed by atoms with Crippen LogP contribution in [0.15, 0.2) is 24.3 Å². The molecule has 0 aliphatic rings. The molecule has 1 aromatic rings. The summed E-state index contributed by atoms with van der Waals surface area (Å²) in [4.78, 5) is 13.9. The molecule has 0 heterocycles. The maximum Gasteiger partial charge on any atom is 0.220 e. The summed E-state index contributed by atoms with van der Waals surface area (Å²) in [6.07, 6.45) is 2.20. The number of amides is 1. The number of para-hydroxylation sites is 1. The predicted octanol–water partition coefficient (Wildman–Crippen LogP) is 2.09. The molecule has 1 amide bonds. The fourth-order valence-electron chi connectivity index (χ4n) is 1.97. The van der Waals surface area contributed by atoms with E-state index in [0.717, 1.165) is 37.2 Å². The molecule has 0 saturated carbocycles. The molecule has 1 rings (SSSR count). The number of aryl methyl sites for hydroxylation is 1. The summed E-state index contributed by atoms with van der Waals surface area (Å²) in [5.41, 5.74) is 1.10. The van der Waals surface area contributed by atoms with E-state index in [0.29, 0.717) is 13.0 Å². The number of rotatable bonds is 9. The second kappa shape index (κ2) is 9.37. The molecule has 0 aliphatic heterocycles. The number of benzene rings is 1. The van der Waals surface area contributed by atoms with Crippen molar-refractivity contribution in [1.29, 1.82) is 0 Å². The number of carbonyl (C=O) groups is 1. The van der Waals surface area contributed by atoms with Gasteiger partial charge in [-0.1, -0.05) is 18.2 Å². The van der Waals surface area contributed by atoms with Gasteiger partial charge in [-0.2, -0.15) is 0 Å². The summed E-state index contributed by atoms with van der Waals surface area (Å²) in [7, 11) is 4.07. The zero-order valence-corrected chi connectivity index (χ0v) is 12.8. The average molecular weight is 278 g/mol. The first-order valence-corrected chi connectivity index (χ1v) is 7.25. The van der Waals surface area contributed by atoms with Gasteiger partial charge >= 0.3 is 0 Å². The summed E-state index contributed by atoms with van der Waals surface area (Å²) in [6.45, 7) is 4.35. The van der Waals surface area contributed by atoms with Gasteiger partial charge in [0.15, 0.2) is 0 Å². The summed E-state index contributed by atoms with van der Waals surface area (Å²) in [5, 5.41) is 2.95. The van der Waals surface area contributed by atoms with E-state index in [1.807, 2.05) is 45.3 Å². The van der Waals surface area contributed by atoms with Crippen LogP contribution >= 0.6 is 0 Å². The van der Waals surface area contributed by atoms with Crippen molar-refractivity contribution in [3.05, 3.63) is 29.8 Å². The van der Waals surface area contributed by atoms with Gasteiger partial charge in [0, 0.05) is 13.0 Å². The third-order valence-electron chi connectivity index (χ3n) is 3.00. The molecule has 0 saturated heterocycles. The Kier molecular flexibility index (Phi) is 7.73. The molecule has 0 spiro atoms. The number of carbonyl (C=O) groups excluding carboxylic acids is 1. The van der Waals surface area contributed by atoms with E-state index in [1.54, 1.807) is 0 Å². The third-order valence-corrected chi connectivity index (χ3v) is 3.00. The van der Waals surface area contributed by atoms with Gasteiger partial charge < -0.3 is 15.0 Å². The molecule has 20 heavy (non-hydrogen) atoms. The van der Waals surface area contributed by atoms with Crippen LogP contribution in [0.2, 0.25) is 0 Å². The molecular formula is C16H26N2O2. The van der Waals surface area contributed by atoms with E-state index < -0.39 is 0 Å². The molecule has 4 heteroatoms. The Labute approximate surface area is 122 Å². The van der Waals surface area contributed by atoms with Gasteiger partial charge in [-0.15, -0.1) is 0 Å². The second-order valence-electron chi connectivity index (χ2n) is 5.05. The van der Waals surface area contributed by atoms with Crippen molar-refractivity contribution in [2.75, 3.05) is 33.8 Å². The van der Waals surface area contributed by atoms with E-state index in [4.69, 9.17) is 4.74 Å². The molecule has 1 N–H and O–H groups in total. The van der Waals surface area contributed by atoms with Crippen LogP contribution in [0.25, 0.3) is 0 Å². The Morgan fingerprint density at radius 2 is 2.05 bits per heavy atom. The second-order valence-corrected chi connectivity index (χ2v) is 5.05. The van der Waals surface area contributed by atoms with Crippen molar-refractivity contribution >= 4 is 5.91 Å². The molecule has 0 unspecified atom stereocenters. The van der Waals surface area contributed by atoms with Crippen molar-refractivity contribution in [2.24, 2.45) is 0 Å². The van der Waals surface area contributed by atoms with E-state index in [2.05, 4.69) is 10.2 Å². The highest BCUT2D eigenvalue weighted by Crippen LogP contribution is 2.19. The lowest BCUT2D eigenvalue weighted by molar-refractivity contribution is -0.121. The van der Waals surface area contributed by atoms with Crippen molar-refractivity contribution in [1.82, 2.24) is 10.2 Å². The lowest BCUT2D eigenvalue weighted by Gasteiger charge is -2.11. The smallest absolute Gasteiger partial charge is 0.220 e. The van der Waals surface area contributed by atoms with E-state index in [1.165, 1.54) is 0 Å². The van der Waals surface area contributed by atoms with Crippen molar-refractivity contribution < 1.29 is 9.53 Å². The molecular weight excluding hydrogens is 252 g/mol. The molecule has 0 aromatic heterocycles. The van der Waals surface area contributed by atoms with Crippen LogP contribution < -0.4 is 10.1 Å². The van der Waals surface area contributed by atoms with Crippen molar-refractivity contribution in [2.45, 2.75) is 26.2 Å². The topological polar surface area (TPSA) is 41.6 Å². The Hall–Kier alpha value is -1.55. The van der Waals surface area contributed by atoms with E-state index in [9.17, 15) is 4.79 Å². The molecule has 0 atom stereocenters. The fraction of sp³-hybridized carbons (Fsp3) is 0.562. The minimum atomic E-state index is 0.107. The van der Waals surface area contributed by atoms with Gasteiger partial charge in [-0.3, -0.25) is 4.79 Å². The van der Waals surface area contributed by atoms with E-state index >= 15 is 0 Å². The number of ether oxygens (including phenoxy) is 1. The molecule has 0 aliphatic carbocycles. The summed E-state index contributed by atoms with van der Waals surface area (Å²) >= 11 is 0. The Morgan fingerprint density at radius 3 is 2.75 bits per heavy atom. The normalized spacial score (nSPS) is 10.6. The molecule has 0 radical (unpaired) electrons. The lowest BCUT2D eigenvalue weighted by Crippen LogP contribution is -2.27. The minimum Gasteiger partial charge on any atom is -0.494 e. The van der Waals surface area contributed by atoms with Crippen molar-refractivity contribution in [3.8, 4) is 5.75 Å². The SMILES string of the molecule is CCOc1ccccc1CCC(=O)NCCCN(C)C. The Balaban J connectivity index is 2.30. The first-order chi connectivity index (χ1) is 9.63. The summed E-state index contributed by atoms with van der Waals surface area (Å²) in [5.74, 6) is 0.991. The van der Waals surface area contributed by atoms with Crippen LogP contribution in [0.4, 0.5) is 0 Å². The average Bonchev–Trinajstić information content (AvgIpc) is 2.43. The number of hydrogen-bond acceptors (Lipinski definition) is 3.